The van der Waals surface area contributed by atoms with Crippen molar-refractivity contribution in [2.75, 3.05) is 18.2 Å². The summed E-state index contributed by atoms with van der Waals surface area (Å²) in [4.78, 5) is 36.0. The van der Waals surface area contributed by atoms with Gasteiger partial charge in [-0.05, 0) is 18.2 Å². The van der Waals surface area contributed by atoms with Gasteiger partial charge in [-0.15, -0.1) is 0 Å². The van der Waals surface area contributed by atoms with E-state index in [1.807, 2.05) is 0 Å². The number of amides is 1. The zero-order valence-electron chi connectivity index (χ0n) is 12.4. The molecular formula is C14H16N4O4. The summed E-state index contributed by atoms with van der Waals surface area (Å²) in [5, 5.41) is 2.44. The highest BCUT2D eigenvalue weighted by Crippen LogP contribution is 2.15. The lowest BCUT2D eigenvalue weighted by Gasteiger charge is -2.12. The van der Waals surface area contributed by atoms with Gasteiger partial charge in [0.05, 0.1) is 7.11 Å². The zero-order chi connectivity index (χ0) is 16.4. The summed E-state index contributed by atoms with van der Waals surface area (Å²) in [5.74, 6) is -0.125. The number of hydrogen-bond donors (Lipinski definition) is 2. The molecule has 22 heavy (non-hydrogen) atoms. The van der Waals surface area contributed by atoms with Crippen LogP contribution in [-0.4, -0.2) is 22.2 Å². The second-order valence-corrected chi connectivity index (χ2v) is 4.65. The molecule has 1 aromatic carbocycles. The number of nitrogens with one attached hydrogen (secondary N) is 1. The quantitative estimate of drug-likeness (QED) is 0.825. The maximum absolute atomic E-state index is 12.2. The largest absolute Gasteiger partial charge is 0.497 e. The van der Waals surface area contributed by atoms with E-state index in [9.17, 15) is 14.4 Å². The number of rotatable bonds is 3. The number of methoxy groups -OCH3 is 1. The fraction of sp³-hybridized carbons (Fsp3) is 0.214. The zero-order valence-corrected chi connectivity index (χ0v) is 12.4. The van der Waals surface area contributed by atoms with Gasteiger partial charge in [0, 0.05) is 19.7 Å². The normalized spacial score (nSPS) is 10.3. The molecular weight excluding hydrogens is 288 g/mol. The summed E-state index contributed by atoms with van der Waals surface area (Å²) < 4.78 is 7.00. The number of nitrogens with zero attached hydrogens (tertiary/aromatic N) is 2. The van der Waals surface area contributed by atoms with Crippen LogP contribution in [0.2, 0.25) is 0 Å². The first-order valence-electron chi connectivity index (χ1n) is 6.37. The number of nitrogen functional groups attached to an aromatic ring is 1. The van der Waals surface area contributed by atoms with Crippen molar-refractivity contribution < 1.29 is 9.53 Å². The maximum atomic E-state index is 12.2. The van der Waals surface area contributed by atoms with Crippen molar-refractivity contribution in [3.05, 3.63) is 50.7 Å². The Bertz CT molecular complexity index is 851. The first-order valence-corrected chi connectivity index (χ1v) is 6.37. The molecule has 0 aliphatic heterocycles. The highest BCUT2D eigenvalue weighted by Gasteiger charge is 2.16. The molecule has 0 saturated heterocycles. The Morgan fingerprint density at radius 1 is 1.23 bits per heavy atom. The number of benzene rings is 1. The van der Waals surface area contributed by atoms with E-state index in [1.54, 1.807) is 18.2 Å². The van der Waals surface area contributed by atoms with Crippen LogP contribution >= 0.6 is 0 Å². The van der Waals surface area contributed by atoms with Crippen LogP contribution in [0, 0.1) is 0 Å². The lowest BCUT2D eigenvalue weighted by molar-refractivity contribution is 0.102. The van der Waals surface area contributed by atoms with E-state index in [0.29, 0.717) is 11.3 Å². The second kappa shape index (κ2) is 5.76. The molecule has 0 spiro atoms. The molecule has 8 heteroatoms. The van der Waals surface area contributed by atoms with Crippen molar-refractivity contribution in [3.63, 3.8) is 0 Å². The van der Waals surface area contributed by atoms with Crippen molar-refractivity contribution in [2.24, 2.45) is 14.1 Å². The smallest absolute Gasteiger partial charge is 0.332 e. The number of carbonyl (C=O) groups excluding carboxylic acids is 1. The van der Waals surface area contributed by atoms with Gasteiger partial charge in [0.2, 0.25) is 0 Å². The lowest BCUT2D eigenvalue weighted by Crippen LogP contribution is -2.40. The molecule has 0 saturated carbocycles. The molecule has 116 valence electrons. The van der Waals surface area contributed by atoms with Gasteiger partial charge in [-0.2, -0.15) is 0 Å². The molecule has 0 unspecified atom stereocenters. The molecule has 0 aliphatic rings. The van der Waals surface area contributed by atoms with Gasteiger partial charge in [0.25, 0.3) is 11.5 Å². The van der Waals surface area contributed by atoms with E-state index >= 15 is 0 Å². The van der Waals surface area contributed by atoms with Gasteiger partial charge in [-0.1, -0.05) is 6.07 Å². The Morgan fingerprint density at radius 2 is 1.91 bits per heavy atom. The topological polar surface area (TPSA) is 108 Å². The summed E-state index contributed by atoms with van der Waals surface area (Å²) in [5.41, 5.74) is 4.67. The molecule has 1 aromatic heterocycles. The summed E-state index contributed by atoms with van der Waals surface area (Å²) in [6.45, 7) is 0. The van der Waals surface area contributed by atoms with Crippen molar-refractivity contribution >= 4 is 17.4 Å². The van der Waals surface area contributed by atoms with Gasteiger partial charge in [0.1, 0.15) is 17.3 Å². The van der Waals surface area contributed by atoms with Crippen LogP contribution in [0.3, 0.4) is 0 Å². The van der Waals surface area contributed by atoms with Crippen LogP contribution in [0.25, 0.3) is 0 Å². The minimum absolute atomic E-state index is 0.107. The van der Waals surface area contributed by atoms with Crippen LogP contribution in [0.4, 0.5) is 11.5 Å². The third kappa shape index (κ3) is 2.58. The predicted octanol–water partition coefficient (Wildman–Crippen LogP) is -0.0729. The number of anilines is 2. The Labute approximate surface area is 125 Å². The van der Waals surface area contributed by atoms with Crippen molar-refractivity contribution in [1.82, 2.24) is 9.13 Å². The number of carbonyl (C=O) groups is 1. The molecule has 0 atom stereocenters. The predicted molar refractivity (Wildman–Crippen MR) is 82.3 cm³/mol. The van der Waals surface area contributed by atoms with E-state index in [4.69, 9.17) is 10.5 Å². The lowest BCUT2D eigenvalue weighted by atomic mass is 10.2. The Hall–Kier alpha value is -3.03. The van der Waals surface area contributed by atoms with Gasteiger partial charge < -0.3 is 15.8 Å². The summed E-state index contributed by atoms with van der Waals surface area (Å²) in [6.07, 6.45) is 0. The van der Waals surface area contributed by atoms with E-state index in [1.165, 1.54) is 27.3 Å². The SMILES string of the molecule is COc1cccc(C(=O)Nc2c(N)n(C)c(=O)n(C)c2=O)c1. The van der Waals surface area contributed by atoms with Gasteiger partial charge in [-0.3, -0.25) is 18.7 Å². The first-order chi connectivity index (χ1) is 10.4. The first kappa shape index (κ1) is 15.4. The van der Waals surface area contributed by atoms with Crippen LogP contribution in [0.1, 0.15) is 10.4 Å². The fourth-order valence-electron chi connectivity index (χ4n) is 1.93. The highest BCUT2D eigenvalue weighted by atomic mass is 16.5. The van der Waals surface area contributed by atoms with Gasteiger partial charge >= 0.3 is 5.69 Å². The second-order valence-electron chi connectivity index (χ2n) is 4.65. The van der Waals surface area contributed by atoms with Crippen LogP contribution in [-0.2, 0) is 14.1 Å². The number of nitrogens with two attached hydrogens (primary N) is 1. The Balaban J connectivity index is 2.45. The van der Waals surface area contributed by atoms with Crippen molar-refractivity contribution in [2.45, 2.75) is 0 Å². The summed E-state index contributed by atoms with van der Waals surface area (Å²) in [7, 11) is 4.21. The molecule has 0 aliphatic carbocycles. The van der Waals surface area contributed by atoms with Crippen molar-refractivity contribution in [3.8, 4) is 5.75 Å². The van der Waals surface area contributed by atoms with Crippen molar-refractivity contribution in [1.29, 1.82) is 0 Å². The highest BCUT2D eigenvalue weighted by molar-refractivity contribution is 6.05. The third-order valence-corrected chi connectivity index (χ3v) is 3.28. The number of hydrogen-bond acceptors (Lipinski definition) is 5. The molecule has 1 amide bonds. The Morgan fingerprint density at radius 3 is 2.55 bits per heavy atom. The molecule has 0 bridgehead atoms. The molecule has 1 heterocycles. The summed E-state index contributed by atoms with van der Waals surface area (Å²) >= 11 is 0. The monoisotopic (exact) mass is 304 g/mol. The number of aromatic nitrogens is 2. The Kier molecular flexibility index (Phi) is 4.02. The average molecular weight is 304 g/mol. The molecule has 2 rings (SSSR count). The van der Waals surface area contributed by atoms with Crippen LogP contribution in [0.5, 0.6) is 5.75 Å². The minimum atomic E-state index is -0.670. The molecule has 2 aromatic rings. The number of ether oxygens (including phenoxy) is 1. The standard InChI is InChI=1S/C14H16N4O4/c1-17-11(15)10(13(20)18(2)14(17)21)16-12(19)8-5-4-6-9(7-8)22-3/h4-7H,15H2,1-3H3,(H,16,19). The van der Waals surface area contributed by atoms with E-state index in [0.717, 1.165) is 9.13 Å². The molecule has 8 nitrogen and oxygen atoms in total. The fourth-order valence-corrected chi connectivity index (χ4v) is 1.93. The minimum Gasteiger partial charge on any atom is -0.497 e. The summed E-state index contributed by atoms with van der Waals surface area (Å²) in [6, 6.07) is 6.44. The molecule has 0 fully saturated rings. The van der Waals surface area contributed by atoms with Gasteiger partial charge in [-0.25, -0.2) is 4.79 Å². The third-order valence-electron chi connectivity index (χ3n) is 3.28. The molecule has 0 radical (unpaired) electrons. The van der Waals surface area contributed by atoms with E-state index < -0.39 is 17.2 Å². The van der Waals surface area contributed by atoms with E-state index in [-0.39, 0.29) is 11.5 Å². The molecule has 3 N–H and O–H groups in total. The van der Waals surface area contributed by atoms with Crippen LogP contribution in [0.15, 0.2) is 33.9 Å². The van der Waals surface area contributed by atoms with Crippen LogP contribution < -0.4 is 27.0 Å². The van der Waals surface area contributed by atoms with E-state index in [2.05, 4.69) is 5.32 Å². The average Bonchev–Trinajstić information content (AvgIpc) is 2.55. The maximum Gasteiger partial charge on any atom is 0.332 e. The van der Waals surface area contributed by atoms with Gasteiger partial charge in [0.15, 0.2) is 0 Å².